The molecule has 0 fully saturated rings. The number of aromatic nitrogens is 2. The summed E-state index contributed by atoms with van der Waals surface area (Å²) < 4.78 is 28.7. The smallest absolute Gasteiger partial charge is 0.275 e. The highest BCUT2D eigenvalue weighted by Gasteiger charge is 2.37. The van der Waals surface area contributed by atoms with Crippen LogP contribution >= 0.6 is 11.6 Å². The molecule has 0 spiro atoms. The molecule has 0 radical (unpaired) electrons. The lowest BCUT2D eigenvalue weighted by Crippen LogP contribution is -2.46. The Morgan fingerprint density at radius 2 is 1.51 bits per heavy atom. The summed E-state index contributed by atoms with van der Waals surface area (Å²) in [5.41, 5.74) is 1.92. The summed E-state index contributed by atoms with van der Waals surface area (Å²) in [5.74, 6) is -1.38. The fraction of sp³-hybridized carbons (Fsp3) is 0.154. The molecule has 35 heavy (non-hydrogen) atoms. The Morgan fingerprint density at radius 1 is 0.943 bits per heavy atom. The first-order chi connectivity index (χ1) is 16.7. The minimum absolute atomic E-state index is 0.279. The monoisotopic (exact) mass is 509 g/mol. The number of H-pyrrole nitrogens is 1. The van der Waals surface area contributed by atoms with Gasteiger partial charge < -0.3 is 0 Å². The van der Waals surface area contributed by atoms with Crippen LogP contribution in [-0.4, -0.2) is 36.3 Å². The van der Waals surface area contributed by atoms with Crippen LogP contribution in [0.1, 0.15) is 33.1 Å². The first-order valence-electron chi connectivity index (χ1n) is 10.8. The summed E-state index contributed by atoms with van der Waals surface area (Å²) in [6, 6.07) is 22.8. The summed E-state index contributed by atoms with van der Waals surface area (Å²) in [5, 5.41) is 3.55. The minimum atomic E-state index is -3.83. The average Bonchev–Trinajstić information content (AvgIpc) is 3.13. The zero-order valence-corrected chi connectivity index (χ0v) is 20.7. The van der Waals surface area contributed by atoms with Crippen LogP contribution in [0.2, 0.25) is 5.02 Å². The van der Waals surface area contributed by atoms with E-state index in [0.29, 0.717) is 27.5 Å². The normalized spacial score (nSPS) is 13.3. The maximum absolute atomic E-state index is 13.7. The molecule has 9 heteroatoms. The van der Waals surface area contributed by atoms with Crippen LogP contribution in [-0.2, 0) is 10.0 Å². The number of nitrogens with one attached hydrogen (secondary N) is 2. The van der Waals surface area contributed by atoms with Crippen molar-refractivity contribution in [2.45, 2.75) is 18.9 Å². The van der Waals surface area contributed by atoms with Gasteiger partial charge in [0.2, 0.25) is 10.0 Å². The molecule has 2 N–H and O–H groups in total. The molecule has 3 aromatic carbocycles. The molecule has 0 saturated heterocycles. The maximum Gasteiger partial charge on any atom is 0.275 e. The third kappa shape index (κ3) is 5.45. The van der Waals surface area contributed by atoms with E-state index in [4.69, 9.17) is 11.6 Å². The Morgan fingerprint density at radius 3 is 2.09 bits per heavy atom. The SMILES string of the molecule is Cc1[nH]n(-c2ccccc2)c(=O)c1C(c1ccc(Cl)cc1)C(NS(C)(=O)=O)C(=O)c1ccccc1. The quantitative estimate of drug-likeness (QED) is 0.350. The molecule has 180 valence electrons. The van der Waals surface area contributed by atoms with Crippen molar-refractivity contribution in [3.63, 3.8) is 0 Å². The molecule has 2 atom stereocenters. The van der Waals surface area contributed by atoms with E-state index in [1.54, 1.807) is 85.8 Å². The number of halogens is 1. The van der Waals surface area contributed by atoms with Gasteiger partial charge >= 0.3 is 0 Å². The molecule has 4 rings (SSSR count). The number of carbonyl (C=O) groups excluding carboxylic acids is 1. The van der Waals surface area contributed by atoms with Crippen molar-refractivity contribution in [1.82, 2.24) is 14.5 Å². The summed E-state index contributed by atoms with van der Waals surface area (Å²) >= 11 is 6.10. The molecule has 0 saturated carbocycles. The standard InChI is InChI=1S/C26H24ClN3O4S/c1-17-22(26(32)30(28-17)21-11-7-4-8-12-21)23(18-13-15-20(27)16-14-18)24(29-35(2,33)34)25(31)19-9-5-3-6-10-19/h3-16,23-24,28-29H,1-2H3. The van der Waals surface area contributed by atoms with Crippen molar-refractivity contribution in [3.05, 3.63) is 123 Å². The van der Waals surface area contributed by atoms with E-state index in [-0.39, 0.29) is 11.1 Å². The zero-order chi connectivity index (χ0) is 25.2. The van der Waals surface area contributed by atoms with Gasteiger partial charge in [0.15, 0.2) is 5.78 Å². The molecule has 7 nitrogen and oxygen atoms in total. The third-order valence-electron chi connectivity index (χ3n) is 5.69. The summed E-state index contributed by atoms with van der Waals surface area (Å²) in [6.45, 7) is 1.73. The van der Waals surface area contributed by atoms with Crippen LogP contribution in [0.3, 0.4) is 0 Å². The number of rotatable bonds is 8. The van der Waals surface area contributed by atoms with E-state index in [1.807, 2.05) is 6.07 Å². The maximum atomic E-state index is 13.7. The first kappa shape index (κ1) is 24.7. The largest absolute Gasteiger partial charge is 0.295 e. The van der Waals surface area contributed by atoms with Crippen molar-refractivity contribution in [3.8, 4) is 5.69 Å². The minimum Gasteiger partial charge on any atom is -0.295 e. The number of aryl methyl sites for hydroxylation is 1. The number of hydrogen-bond acceptors (Lipinski definition) is 4. The highest BCUT2D eigenvalue weighted by molar-refractivity contribution is 7.88. The van der Waals surface area contributed by atoms with Crippen molar-refractivity contribution in [2.75, 3.05) is 6.26 Å². The van der Waals surface area contributed by atoms with Crippen LogP contribution in [0.25, 0.3) is 5.69 Å². The van der Waals surface area contributed by atoms with Crippen molar-refractivity contribution < 1.29 is 13.2 Å². The van der Waals surface area contributed by atoms with Gasteiger partial charge in [0.1, 0.15) is 0 Å². The first-order valence-corrected chi connectivity index (χ1v) is 13.1. The second-order valence-corrected chi connectivity index (χ2v) is 10.5. The number of nitrogens with zero attached hydrogens (tertiary/aromatic N) is 1. The molecule has 1 heterocycles. The van der Waals surface area contributed by atoms with Gasteiger partial charge in [-0.1, -0.05) is 72.3 Å². The Kier molecular flexibility index (Phi) is 7.07. The third-order valence-corrected chi connectivity index (χ3v) is 6.62. The lowest BCUT2D eigenvalue weighted by molar-refractivity contribution is 0.0945. The van der Waals surface area contributed by atoms with Gasteiger partial charge in [-0.25, -0.2) is 17.8 Å². The molecule has 2 unspecified atom stereocenters. The predicted molar refractivity (Wildman–Crippen MR) is 137 cm³/mol. The van der Waals surface area contributed by atoms with Gasteiger partial charge in [0.25, 0.3) is 5.56 Å². The highest BCUT2D eigenvalue weighted by Crippen LogP contribution is 2.31. The Hall–Kier alpha value is -3.46. The number of aromatic amines is 1. The van der Waals surface area contributed by atoms with Crippen LogP contribution in [0.5, 0.6) is 0 Å². The molecule has 0 aliphatic rings. The highest BCUT2D eigenvalue weighted by atomic mass is 35.5. The van der Waals surface area contributed by atoms with Gasteiger partial charge in [0.05, 0.1) is 18.0 Å². The van der Waals surface area contributed by atoms with Crippen LogP contribution in [0, 0.1) is 6.92 Å². The van der Waals surface area contributed by atoms with E-state index in [2.05, 4.69) is 9.82 Å². The van der Waals surface area contributed by atoms with E-state index >= 15 is 0 Å². The zero-order valence-electron chi connectivity index (χ0n) is 19.1. The number of hydrogen-bond donors (Lipinski definition) is 2. The number of ketones is 1. The van der Waals surface area contributed by atoms with E-state index in [1.165, 1.54) is 4.68 Å². The van der Waals surface area contributed by atoms with Gasteiger partial charge in [-0.15, -0.1) is 0 Å². The van der Waals surface area contributed by atoms with Crippen molar-refractivity contribution in [2.24, 2.45) is 0 Å². The van der Waals surface area contributed by atoms with Gasteiger partial charge in [-0.2, -0.15) is 0 Å². The number of sulfonamides is 1. The molecular formula is C26H24ClN3O4S. The fourth-order valence-electron chi connectivity index (χ4n) is 4.17. The summed E-state index contributed by atoms with van der Waals surface area (Å²) in [7, 11) is -3.83. The lowest BCUT2D eigenvalue weighted by Gasteiger charge is -2.26. The predicted octanol–water partition coefficient (Wildman–Crippen LogP) is 4.06. The summed E-state index contributed by atoms with van der Waals surface area (Å²) in [4.78, 5) is 27.4. The van der Waals surface area contributed by atoms with E-state index < -0.39 is 27.8 Å². The topological polar surface area (TPSA) is 101 Å². The second kappa shape index (κ2) is 10.0. The molecule has 0 bridgehead atoms. The van der Waals surface area contributed by atoms with Gasteiger partial charge in [-0.3, -0.25) is 14.7 Å². The molecular weight excluding hydrogens is 486 g/mol. The van der Waals surface area contributed by atoms with Crippen LogP contribution in [0.15, 0.2) is 89.7 Å². The van der Waals surface area contributed by atoms with Gasteiger partial charge in [0, 0.05) is 27.8 Å². The molecule has 4 aromatic rings. The van der Waals surface area contributed by atoms with Crippen molar-refractivity contribution in [1.29, 1.82) is 0 Å². The Bertz CT molecular complexity index is 1500. The van der Waals surface area contributed by atoms with E-state index in [9.17, 15) is 18.0 Å². The number of para-hydroxylation sites is 1. The number of Topliss-reactive ketones (excluding diaryl/α,β-unsaturated/α-hetero) is 1. The Balaban J connectivity index is 1.96. The lowest BCUT2D eigenvalue weighted by atomic mass is 9.82. The van der Waals surface area contributed by atoms with E-state index in [0.717, 1.165) is 6.26 Å². The average molecular weight is 510 g/mol. The molecule has 0 aliphatic heterocycles. The number of carbonyl (C=O) groups is 1. The fourth-order valence-corrected chi connectivity index (χ4v) is 5.00. The van der Waals surface area contributed by atoms with Crippen molar-refractivity contribution >= 4 is 27.4 Å². The van der Waals surface area contributed by atoms with Crippen LogP contribution < -0.4 is 10.3 Å². The second-order valence-electron chi connectivity index (χ2n) is 8.25. The summed E-state index contributed by atoms with van der Waals surface area (Å²) in [6.07, 6.45) is 0.990. The van der Waals surface area contributed by atoms with Crippen LogP contribution in [0.4, 0.5) is 0 Å². The molecule has 0 amide bonds. The number of benzene rings is 3. The molecule has 1 aromatic heterocycles. The Labute approximate surface area is 208 Å². The molecule has 0 aliphatic carbocycles. The van der Waals surface area contributed by atoms with Gasteiger partial charge in [-0.05, 0) is 36.8 Å².